The zero-order valence-electron chi connectivity index (χ0n) is 15.3. The Labute approximate surface area is 154 Å². The summed E-state index contributed by atoms with van der Waals surface area (Å²) >= 11 is 6.26. The number of hydrogen-bond donors (Lipinski definition) is 0. The minimum atomic E-state index is 0.265. The molecule has 0 amide bonds. The van der Waals surface area contributed by atoms with Crippen molar-refractivity contribution < 1.29 is 0 Å². The number of benzene rings is 1. The molecule has 4 heteroatoms. The highest BCUT2D eigenvalue weighted by molar-refractivity contribution is 6.30. The van der Waals surface area contributed by atoms with Crippen molar-refractivity contribution in [3.63, 3.8) is 0 Å². The maximum absolute atomic E-state index is 6.26. The number of hydrogen-bond acceptors (Lipinski definition) is 2. The van der Waals surface area contributed by atoms with Crippen molar-refractivity contribution in [2.75, 3.05) is 11.4 Å². The highest BCUT2D eigenvalue weighted by Gasteiger charge is 2.28. The van der Waals surface area contributed by atoms with E-state index in [1.165, 1.54) is 33.3 Å². The van der Waals surface area contributed by atoms with Gasteiger partial charge in [0.05, 0.1) is 11.6 Å². The first kappa shape index (κ1) is 16.5. The standard InChI is InChI=1S/C21H24ClN3/c1-5-24-14(3)13(2)18-8-10-23-21(20(18)24)25-11-9-16-6-7-17(22)12-19(16)15(25)4/h6-8,10,12,15H,5,9,11H2,1-4H3. The summed E-state index contributed by atoms with van der Waals surface area (Å²) in [6.07, 6.45) is 2.98. The summed E-state index contributed by atoms with van der Waals surface area (Å²) in [5.74, 6) is 1.09. The minimum absolute atomic E-state index is 0.265. The quantitative estimate of drug-likeness (QED) is 0.610. The molecular formula is C21H24ClN3. The number of anilines is 1. The van der Waals surface area contributed by atoms with Crippen molar-refractivity contribution in [1.29, 1.82) is 0 Å². The van der Waals surface area contributed by atoms with E-state index < -0.39 is 0 Å². The number of halogens is 1. The van der Waals surface area contributed by atoms with Crippen LogP contribution in [-0.2, 0) is 13.0 Å². The lowest BCUT2D eigenvalue weighted by Gasteiger charge is -2.36. The minimum Gasteiger partial charge on any atom is -0.348 e. The molecule has 3 nitrogen and oxygen atoms in total. The summed E-state index contributed by atoms with van der Waals surface area (Å²) in [6, 6.07) is 8.69. The second-order valence-corrected chi connectivity index (χ2v) is 7.38. The largest absolute Gasteiger partial charge is 0.348 e. The van der Waals surface area contributed by atoms with Crippen molar-refractivity contribution in [3.05, 3.63) is 57.9 Å². The molecule has 3 aromatic rings. The van der Waals surface area contributed by atoms with Crippen LogP contribution >= 0.6 is 11.6 Å². The van der Waals surface area contributed by atoms with Gasteiger partial charge in [0.2, 0.25) is 0 Å². The maximum Gasteiger partial charge on any atom is 0.153 e. The Hall–Kier alpha value is -2.00. The molecule has 2 aromatic heterocycles. The zero-order valence-corrected chi connectivity index (χ0v) is 16.1. The van der Waals surface area contributed by atoms with Crippen molar-refractivity contribution >= 4 is 28.3 Å². The first-order valence-electron chi connectivity index (χ1n) is 9.02. The summed E-state index contributed by atoms with van der Waals surface area (Å²) in [4.78, 5) is 7.25. The van der Waals surface area contributed by atoms with E-state index in [4.69, 9.17) is 16.6 Å². The predicted octanol–water partition coefficient (Wildman–Crippen LogP) is 5.45. The van der Waals surface area contributed by atoms with Crippen molar-refractivity contribution in [2.24, 2.45) is 0 Å². The molecule has 3 heterocycles. The molecule has 0 saturated heterocycles. The Morgan fingerprint density at radius 1 is 1.24 bits per heavy atom. The number of nitrogens with zero attached hydrogens (tertiary/aromatic N) is 3. The number of aromatic nitrogens is 2. The van der Waals surface area contributed by atoms with E-state index in [9.17, 15) is 0 Å². The fraction of sp³-hybridized carbons (Fsp3) is 0.381. The Bertz CT molecular complexity index is 957. The van der Waals surface area contributed by atoms with Crippen LogP contribution in [0.4, 0.5) is 5.82 Å². The smallest absolute Gasteiger partial charge is 0.153 e. The van der Waals surface area contributed by atoms with Gasteiger partial charge in [0, 0.05) is 35.4 Å². The lowest BCUT2D eigenvalue weighted by molar-refractivity contribution is 0.617. The summed E-state index contributed by atoms with van der Waals surface area (Å²) in [5, 5.41) is 2.12. The highest BCUT2D eigenvalue weighted by Crippen LogP contribution is 2.38. The third-order valence-electron chi connectivity index (χ3n) is 5.76. The number of aryl methyl sites for hydroxylation is 2. The second-order valence-electron chi connectivity index (χ2n) is 6.95. The molecule has 0 spiro atoms. The van der Waals surface area contributed by atoms with Crippen LogP contribution in [0, 0.1) is 13.8 Å². The van der Waals surface area contributed by atoms with E-state index in [-0.39, 0.29) is 6.04 Å². The average Bonchev–Trinajstić information content (AvgIpc) is 2.87. The van der Waals surface area contributed by atoms with Gasteiger partial charge in [0.1, 0.15) is 0 Å². The number of fused-ring (bicyclic) bond motifs is 2. The monoisotopic (exact) mass is 353 g/mol. The van der Waals surface area contributed by atoms with Gasteiger partial charge in [-0.25, -0.2) is 4.98 Å². The molecule has 0 N–H and O–H groups in total. The van der Waals surface area contributed by atoms with E-state index in [1.807, 2.05) is 12.3 Å². The second kappa shape index (κ2) is 6.06. The van der Waals surface area contributed by atoms with Crippen LogP contribution in [0.1, 0.15) is 42.3 Å². The zero-order chi connectivity index (χ0) is 17.7. The highest BCUT2D eigenvalue weighted by atomic mass is 35.5. The van der Waals surface area contributed by atoms with E-state index in [0.29, 0.717) is 0 Å². The molecule has 0 radical (unpaired) electrons. The summed E-state index contributed by atoms with van der Waals surface area (Å²) < 4.78 is 2.40. The van der Waals surface area contributed by atoms with E-state index in [1.54, 1.807) is 0 Å². The van der Waals surface area contributed by atoms with Crippen molar-refractivity contribution in [3.8, 4) is 0 Å². The topological polar surface area (TPSA) is 21.1 Å². The van der Waals surface area contributed by atoms with Crippen LogP contribution in [0.3, 0.4) is 0 Å². The van der Waals surface area contributed by atoms with Gasteiger partial charge < -0.3 is 9.47 Å². The Morgan fingerprint density at radius 2 is 2.04 bits per heavy atom. The molecule has 0 aliphatic carbocycles. The van der Waals surface area contributed by atoms with Crippen LogP contribution in [0.15, 0.2) is 30.5 Å². The van der Waals surface area contributed by atoms with Crippen molar-refractivity contribution in [1.82, 2.24) is 9.55 Å². The number of rotatable bonds is 2. The molecule has 1 unspecified atom stereocenters. The van der Waals surface area contributed by atoms with Gasteiger partial charge in [0.25, 0.3) is 0 Å². The molecule has 1 aliphatic rings. The number of pyridine rings is 1. The van der Waals surface area contributed by atoms with Gasteiger partial charge in [-0.1, -0.05) is 17.7 Å². The molecule has 0 saturated carbocycles. The lowest BCUT2D eigenvalue weighted by atomic mass is 9.93. The SMILES string of the molecule is CCn1c(C)c(C)c2ccnc(N3CCc4ccc(Cl)cc4C3C)c21. The third-order valence-corrected chi connectivity index (χ3v) is 6.00. The predicted molar refractivity (Wildman–Crippen MR) is 106 cm³/mol. The Kier molecular flexibility index (Phi) is 3.99. The Balaban J connectivity index is 1.90. The first-order valence-corrected chi connectivity index (χ1v) is 9.40. The van der Waals surface area contributed by atoms with Crippen LogP contribution in [0.25, 0.3) is 10.9 Å². The normalized spacial score (nSPS) is 17.2. The lowest BCUT2D eigenvalue weighted by Crippen LogP contribution is -2.35. The van der Waals surface area contributed by atoms with Crippen LogP contribution in [0.5, 0.6) is 0 Å². The molecule has 0 fully saturated rings. The fourth-order valence-electron chi connectivity index (χ4n) is 4.26. The molecule has 0 bridgehead atoms. The van der Waals surface area contributed by atoms with E-state index in [2.05, 4.69) is 55.4 Å². The van der Waals surface area contributed by atoms with Gasteiger partial charge >= 0.3 is 0 Å². The van der Waals surface area contributed by atoms with Gasteiger partial charge in [-0.05, 0) is 69.0 Å². The molecule has 25 heavy (non-hydrogen) atoms. The molecule has 1 atom stereocenters. The third kappa shape index (κ3) is 2.44. The van der Waals surface area contributed by atoms with Crippen molar-refractivity contribution in [2.45, 2.75) is 46.7 Å². The molecule has 4 rings (SSSR count). The average molecular weight is 354 g/mol. The first-order chi connectivity index (χ1) is 12.0. The Morgan fingerprint density at radius 3 is 2.80 bits per heavy atom. The molecule has 1 aromatic carbocycles. The molecule has 130 valence electrons. The van der Waals surface area contributed by atoms with Gasteiger partial charge in [-0.2, -0.15) is 0 Å². The van der Waals surface area contributed by atoms with Crippen LogP contribution in [0.2, 0.25) is 5.02 Å². The van der Waals surface area contributed by atoms with Gasteiger partial charge in [-0.15, -0.1) is 0 Å². The summed E-state index contributed by atoms with van der Waals surface area (Å²) in [5.41, 5.74) is 6.67. The van der Waals surface area contributed by atoms with E-state index >= 15 is 0 Å². The van der Waals surface area contributed by atoms with E-state index in [0.717, 1.165) is 30.4 Å². The van der Waals surface area contributed by atoms with Gasteiger partial charge in [0.15, 0.2) is 5.82 Å². The maximum atomic E-state index is 6.26. The summed E-state index contributed by atoms with van der Waals surface area (Å²) in [7, 11) is 0. The fourth-order valence-corrected chi connectivity index (χ4v) is 4.44. The van der Waals surface area contributed by atoms with Crippen LogP contribution in [-0.4, -0.2) is 16.1 Å². The molecular weight excluding hydrogens is 330 g/mol. The summed E-state index contributed by atoms with van der Waals surface area (Å²) in [6.45, 7) is 10.8. The molecule has 1 aliphatic heterocycles. The van der Waals surface area contributed by atoms with Gasteiger partial charge in [-0.3, -0.25) is 0 Å². The van der Waals surface area contributed by atoms with Crippen LogP contribution < -0.4 is 4.90 Å².